The summed E-state index contributed by atoms with van der Waals surface area (Å²) in [6, 6.07) is 0.0966. The normalized spacial score (nSPS) is 18.2. The largest absolute Gasteiger partial charge is 0.348 e. The highest BCUT2D eigenvalue weighted by molar-refractivity contribution is 5.27. The van der Waals surface area contributed by atoms with Gasteiger partial charge >= 0.3 is 0 Å². The number of aryl methyl sites for hydroxylation is 1. The number of H-pyrrole nitrogens is 2. The molecule has 0 aromatic carbocycles. The van der Waals surface area contributed by atoms with Gasteiger partial charge in [-0.1, -0.05) is 6.92 Å². The van der Waals surface area contributed by atoms with Crippen molar-refractivity contribution >= 4 is 0 Å². The van der Waals surface area contributed by atoms with Gasteiger partial charge in [0.15, 0.2) is 0 Å². The Morgan fingerprint density at radius 3 is 3.04 bits per heavy atom. The maximum Gasteiger partial charge on any atom is 0.122 e. The van der Waals surface area contributed by atoms with Crippen LogP contribution >= 0.6 is 0 Å². The summed E-state index contributed by atoms with van der Waals surface area (Å²) in [6.45, 7) is 4.97. The zero-order valence-corrected chi connectivity index (χ0v) is 13.2. The maximum atomic E-state index is 4.56. The van der Waals surface area contributed by atoms with Crippen LogP contribution in [0.1, 0.15) is 42.3 Å². The van der Waals surface area contributed by atoms with Gasteiger partial charge in [-0.2, -0.15) is 0 Å². The molecule has 3 aromatic rings. The molecule has 0 fully saturated rings. The summed E-state index contributed by atoms with van der Waals surface area (Å²) in [5.41, 5.74) is 3.39. The van der Waals surface area contributed by atoms with Gasteiger partial charge in [-0.3, -0.25) is 4.90 Å². The fourth-order valence-corrected chi connectivity index (χ4v) is 3.37. The van der Waals surface area contributed by atoms with Gasteiger partial charge in [-0.15, -0.1) is 0 Å². The molecule has 0 saturated carbocycles. The highest BCUT2D eigenvalue weighted by Crippen LogP contribution is 2.32. The third kappa shape index (κ3) is 2.57. The van der Waals surface area contributed by atoms with E-state index in [2.05, 4.69) is 47.5 Å². The fourth-order valence-electron chi connectivity index (χ4n) is 3.37. The molecule has 1 aliphatic rings. The van der Waals surface area contributed by atoms with E-state index in [-0.39, 0.29) is 6.04 Å². The molecule has 0 aliphatic carbocycles. The van der Waals surface area contributed by atoms with Gasteiger partial charge in [0.25, 0.3) is 0 Å². The van der Waals surface area contributed by atoms with E-state index in [1.807, 2.05) is 12.4 Å². The van der Waals surface area contributed by atoms with Crippen LogP contribution in [-0.2, 0) is 19.5 Å². The van der Waals surface area contributed by atoms with E-state index in [0.29, 0.717) is 0 Å². The first-order valence-electron chi connectivity index (χ1n) is 8.11. The molecular weight excluding hydrogens is 290 g/mol. The van der Waals surface area contributed by atoms with Gasteiger partial charge in [0.1, 0.15) is 5.82 Å². The summed E-state index contributed by atoms with van der Waals surface area (Å²) < 4.78 is 2.24. The average molecular weight is 311 g/mol. The number of fused-ring (bicyclic) bond motifs is 1. The highest BCUT2D eigenvalue weighted by Gasteiger charge is 2.32. The molecular formula is C16H21N7. The van der Waals surface area contributed by atoms with Crippen LogP contribution in [0.4, 0.5) is 0 Å². The van der Waals surface area contributed by atoms with Gasteiger partial charge in [0.2, 0.25) is 0 Å². The molecule has 0 spiro atoms. The minimum atomic E-state index is 0.0966. The van der Waals surface area contributed by atoms with E-state index in [1.165, 1.54) is 5.69 Å². The van der Waals surface area contributed by atoms with Crippen molar-refractivity contribution in [2.75, 3.05) is 6.54 Å². The molecule has 23 heavy (non-hydrogen) atoms. The number of hydrogen-bond acceptors (Lipinski definition) is 4. The molecule has 1 atom stereocenters. The van der Waals surface area contributed by atoms with Crippen molar-refractivity contribution < 1.29 is 0 Å². The lowest BCUT2D eigenvalue weighted by Crippen LogP contribution is -2.36. The molecule has 3 aromatic heterocycles. The molecule has 2 N–H and O–H groups in total. The maximum absolute atomic E-state index is 4.56. The smallest absolute Gasteiger partial charge is 0.122 e. The summed E-state index contributed by atoms with van der Waals surface area (Å²) in [7, 11) is 0. The summed E-state index contributed by atoms with van der Waals surface area (Å²) in [5.74, 6) is 1.11. The van der Waals surface area contributed by atoms with Crippen LogP contribution in [0.15, 0.2) is 31.2 Å². The van der Waals surface area contributed by atoms with Crippen molar-refractivity contribution in [1.29, 1.82) is 0 Å². The van der Waals surface area contributed by atoms with E-state index in [0.717, 1.165) is 49.7 Å². The Labute approximate surface area is 134 Å². The van der Waals surface area contributed by atoms with E-state index in [4.69, 9.17) is 0 Å². The molecule has 1 aliphatic heterocycles. The second-order valence-corrected chi connectivity index (χ2v) is 5.93. The highest BCUT2D eigenvalue weighted by atomic mass is 15.2. The van der Waals surface area contributed by atoms with Crippen molar-refractivity contribution in [2.24, 2.45) is 0 Å². The topological polar surface area (TPSA) is 78.4 Å². The van der Waals surface area contributed by atoms with Crippen LogP contribution in [-0.4, -0.2) is 40.9 Å². The Kier molecular flexibility index (Phi) is 3.70. The Hall–Kier alpha value is -2.41. The monoisotopic (exact) mass is 311 g/mol. The van der Waals surface area contributed by atoms with Crippen molar-refractivity contribution in [3.05, 3.63) is 54.2 Å². The fraction of sp³-hybridized carbons (Fsp3) is 0.438. The van der Waals surface area contributed by atoms with Crippen LogP contribution in [0, 0.1) is 0 Å². The molecule has 1 unspecified atom stereocenters. The molecule has 7 nitrogen and oxygen atoms in total. The number of hydrogen-bond donors (Lipinski definition) is 2. The van der Waals surface area contributed by atoms with Gasteiger partial charge in [0.05, 0.1) is 36.6 Å². The number of rotatable bonds is 5. The van der Waals surface area contributed by atoms with Crippen LogP contribution in [0.25, 0.3) is 0 Å². The van der Waals surface area contributed by atoms with Crippen LogP contribution in [0.2, 0.25) is 0 Å². The second-order valence-electron chi connectivity index (χ2n) is 5.93. The van der Waals surface area contributed by atoms with Gasteiger partial charge in [0, 0.05) is 43.8 Å². The first-order valence-corrected chi connectivity index (χ1v) is 8.11. The standard InChI is InChI=1S/C16H21N7/c1-2-5-22-7-4-18-14(22)9-23-6-3-12-15(21-11-20-12)16(23)13-8-17-10-19-13/h4,7-8,10-11,16H,2-3,5-6,9H2,1H3,(H,17,19)(H,20,21). The van der Waals surface area contributed by atoms with Crippen LogP contribution in [0.5, 0.6) is 0 Å². The van der Waals surface area contributed by atoms with Crippen molar-refractivity contribution in [3.8, 4) is 0 Å². The first-order chi connectivity index (χ1) is 11.4. The average Bonchev–Trinajstić information content (AvgIpc) is 3.29. The van der Waals surface area contributed by atoms with Crippen molar-refractivity contribution in [2.45, 2.75) is 38.9 Å². The van der Waals surface area contributed by atoms with E-state index < -0.39 is 0 Å². The third-order valence-electron chi connectivity index (χ3n) is 4.45. The SMILES string of the molecule is CCCn1ccnc1CN1CCc2[nH]cnc2C1c1cnc[nH]1. The minimum absolute atomic E-state index is 0.0966. The number of aromatic amines is 2. The molecule has 4 heterocycles. The predicted octanol–water partition coefficient (Wildman–Crippen LogP) is 1.89. The second kappa shape index (κ2) is 6.00. The van der Waals surface area contributed by atoms with Crippen molar-refractivity contribution in [3.63, 3.8) is 0 Å². The third-order valence-corrected chi connectivity index (χ3v) is 4.45. The lowest BCUT2D eigenvalue weighted by atomic mass is 10.0. The van der Waals surface area contributed by atoms with Crippen molar-refractivity contribution in [1.82, 2.24) is 34.4 Å². The molecule has 0 radical (unpaired) electrons. The Bertz CT molecular complexity index is 755. The van der Waals surface area contributed by atoms with Gasteiger partial charge < -0.3 is 14.5 Å². The molecule has 7 heteroatoms. The number of nitrogens with zero attached hydrogens (tertiary/aromatic N) is 5. The first kappa shape index (κ1) is 14.2. The summed E-state index contributed by atoms with van der Waals surface area (Å²) in [5, 5.41) is 0. The summed E-state index contributed by atoms with van der Waals surface area (Å²) in [4.78, 5) is 22.3. The number of nitrogens with one attached hydrogen (secondary N) is 2. The molecule has 0 amide bonds. The van der Waals surface area contributed by atoms with Gasteiger partial charge in [-0.25, -0.2) is 15.0 Å². The molecule has 4 rings (SSSR count). The Balaban J connectivity index is 1.66. The van der Waals surface area contributed by atoms with E-state index in [1.54, 1.807) is 12.7 Å². The molecule has 0 saturated heterocycles. The number of imidazole rings is 3. The summed E-state index contributed by atoms with van der Waals surface area (Å²) in [6.07, 6.45) is 11.4. The Morgan fingerprint density at radius 2 is 2.22 bits per heavy atom. The Morgan fingerprint density at radius 1 is 1.26 bits per heavy atom. The van der Waals surface area contributed by atoms with Crippen LogP contribution < -0.4 is 0 Å². The quantitative estimate of drug-likeness (QED) is 0.754. The lowest BCUT2D eigenvalue weighted by Gasteiger charge is -2.34. The van der Waals surface area contributed by atoms with Gasteiger partial charge in [-0.05, 0) is 6.42 Å². The molecule has 0 bridgehead atoms. The molecule has 120 valence electrons. The zero-order chi connectivity index (χ0) is 15.6. The predicted molar refractivity (Wildman–Crippen MR) is 85.7 cm³/mol. The lowest BCUT2D eigenvalue weighted by molar-refractivity contribution is 0.190. The summed E-state index contributed by atoms with van der Waals surface area (Å²) >= 11 is 0. The number of aromatic nitrogens is 6. The zero-order valence-electron chi connectivity index (χ0n) is 13.2. The van der Waals surface area contributed by atoms with Crippen LogP contribution in [0.3, 0.4) is 0 Å². The van der Waals surface area contributed by atoms with E-state index in [9.17, 15) is 0 Å². The minimum Gasteiger partial charge on any atom is -0.348 e. The van der Waals surface area contributed by atoms with E-state index >= 15 is 0 Å².